The van der Waals surface area contributed by atoms with Crippen molar-refractivity contribution >= 4 is 44.2 Å². The molecule has 1 aromatic heterocycles. The summed E-state index contributed by atoms with van der Waals surface area (Å²) >= 11 is 1.52. The molecule has 0 fully saturated rings. The van der Waals surface area contributed by atoms with E-state index >= 15 is 0 Å². The molecule has 0 unspecified atom stereocenters. The van der Waals surface area contributed by atoms with Crippen LogP contribution in [0.2, 0.25) is 0 Å². The zero-order chi connectivity index (χ0) is 20.6. The maximum absolute atomic E-state index is 9.79. The molecule has 0 amide bonds. The number of anilines is 1. The average molecular weight is 403 g/mol. The predicted octanol–water partition coefficient (Wildman–Crippen LogP) is 4.70. The second kappa shape index (κ2) is 7.43. The van der Waals surface area contributed by atoms with Gasteiger partial charge in [0.15, 0.2) is 0 Å². The minimum atomic E-state index is -0.329. The van der Waals surface area contributed by atoms with Crippen molar-refractivity contribution in [3.63, 3.8) is 0 Å². The fourth-order valence-corrected chi connectivity index (χ4v) is 4.46. The maximum atomic E-state index is 9.79. The number of hydrogen-bond donors (Lipinski definition) is 1. The predicted molar refractivity (Wildman–Crippen MR) is 120 cm³/mol. The lowest BCUT2D eigenvalue weighted by Crippen LogP contribution is -2.25. The molecule has 1 aliphatic heterocycles. The molecular weight excluding hydrogens is 380 g/mol. The second-order valence-electron chi connectivity index (χ2n) is 7.63. The van der Waals surface area contributed by atoms with Gasteiger partial charge in [-0.15, -0.1) is 11.3 Å². The van der Waals surface area contributed by atoms with Crippen molar-refractivity contribution in [1.82, 2.24) is 4.98 Å². The fraction of sp³-hybridized carbons (Fsp3) is 0.261. The van der Waals surface area contributed by atoms with Gasteiger partial charge in [0.05, 0.1) is 33.8 Å². The number of benzene rings is 2. The van der Waals surface area contributed by atoms with Crippen LogP contribution in [0, 0.1) is 11.3 Å². The smallest absolute Gasteiger partial charge is 0.135 e. The summed E-state index contributed by atoms with van der Waals surface area (Å²) in [6.45, 7) is 4.92. The third-order valence-corrected chi connectivity index (χ3v) is 6.41. The second-order valence-corrected chi connectivity index (χ2v) is 8.66. The number of aliphatic hydroxyl groups excluding tert-OH is 1. The molecule has 0 bridgehead atoms. The summed E-state index contributed by atoms with van der Waals surface area (Å²) in [6.07, 6.45) is 1.87. The van der Waals surface area contributed by atoms with Gasteiger partial charge in [0.25, 0.3) is 0 Å². The van der Waals surface area contributed by atoms with E-state index in [4.69, 9.17) is 4.99 Å². The lowest BCUT2D eigenvalue weighted by molar-refractivity contribution is 0.304. The highest BCUT2D eigenvalue weighted by Gasteiger charge is 2.34. The molecule has 29 heavy (non-hydrogen) atoms. The Bertz CT molecular complexity index is 1150. The van der Waals surface area contributed by atoms with Crippen molar-refractivity contribution in [3.05, 3.63) is 59.1 Å². The van der Waals surface area contributed by atoms with Gasteiger partial charge < -0.3 is 10.0 Å². The number of hydrogen-bond acceptors (Lipinski definition) is 6. The van der Waals surface area contributed by atoms with Crippen molar-refractivity contribution in [2.45, 2.75) is 19.3 Å². The highest BCUT2D eigenvalue weighted by atomic mass is 32.1. The van der Waals surface area contributed by atoms with Crippen LogP contribution in [0.3, 0.4) is 0 Å². The van der Waals surface area contributed by atoms with E-state index < -0.39 is 0 Å². The summed E-state index contributed by atoms with van der Waals surface area (Å²) in [4.78, 5) is 11.5. The van der Waals surface area contributed by atoms with Gasteiger partial charge in [-0.3, -0.25) is 4.99 Å². The fourth-order valence-electron chi connectivity index (χ4n) is 3.52. The van der Waals surface area contributed by atoms with Crippen LogP contribution in [0.25, 0.3) is 15.8 Å². The van der Waals surface area contributed by atoms with Gasteiger partial charge in [0, 0.05) is 24.7 Å². The average Bonchev–Trinajstić information content (AvgIpc) is 3.24. The number of aromatic nitrogens is 1. The molecule has 1 aliphatic rings. The molecule has 4 rings (SSSR count). The Hall–Kier alpha value is -3.01. The first kappa shape index (κ1) is 19.3. The maximum Gasteiger partial charge on any atom is 0.135 e. The van der Waals surface area contributed by atoms with Crippen molar-refractivity contribution in [1.29, 1.82) is 5.26 Å². The number of likely N-dealkylation sites (N-methyl/N-ethyl adjacent to an activating group) is 1. The zero-order valence-corrected chi connectivity index (χ0v) is 17.5. The number of para-hydroxylation sites is 1. The van der Waals surface area contributed by atoms with Crippen LogP contribution in [-0.2, 0) is 5.41 Å². The standard InChI is InChI=1S/C23H22N4OS/c1-23(2)17-13-16(27(3)10-11-28)8-9-18(17)25-21(23)12-15(14-24)22-26-19-6-4-5-7-20(19)29-22/h4-9,12-13,28H,10-11H2,1-3H3/b15-12+. The Morgan fingerprint density at radius 3 is 2.79 bits per heavy atom. The van der Waals surface area contributed by atoms with Gasteiger partial charge in [-0.25, -0.2) is 4.98 Å². The Morgan fingerprint density at radius 1 is 1.28 bits per heavy atom. The van der Waals surface area contributed by atoms with Crippen LogP contribution in [-0.4, -0.2) is 36.0 Å². The van der Waals surface area contributed by atoms with Crippen LogP contribution in [0.5, 0.6) is 0 Å². The van der Waals surface area contributed by atoms with Crippen LogP contribution in [0.1, 0.15) is 24.4 Å². The molecular formula is C23H22N4OS. The molecule has 3 aromatic rings. The highest BCUT2D eigenvalue weighted by Crippen LogP contribution is 2.43. The molecule has 2 heterocycles. The number of nitriles is 1. The molecule has 2 aromatic carbocycles. The number of aliphatic hydroxyl groups is 1. The summed E-state index contributed by atoms with van der Waals surface area (Å²) in [7, 11) is 1.96. The summed E-state index contributed by atoms with van der Waals surface area (Å²) < 4.78 is 1.07. The monoisotopic (exact) mass is 402 g/mol. The van der Waals surface area contributed by atoms with E-state index in [9.17, 15) is 10.4 Å². The first-order valence-electron chi connectivity index (χ1n) is 9.47. The molecule has 0 atom stereocenters. The van der Waals surface area contributed by atoms with E-state index in [1.54, 1.807) is 0 Å². The molecule has 6 heteroatoms. The van der Waals surface area contributed by atoms with E-state index in [1.165, 1.54) is 11.3 Å². The van der Waals surface area contributed by atoms with Crippen LogP contribution in [0.4, 0.5) is 11.4 Å². The lowest BCUT2D eigenvalue weighted by atomic mass is 9.80. The number of nitrogens with zero attached hydrogens (tertiary/aromatic N) is 4. The first-order valence-corrected chi connectivity index (χ1v) is 10.3. The van der Waals surface area contributed by atoms with Gasteiger partial charge in [-0.2, -0.15) is 5.26 Å². The molecule has 5 nitrogen and oxygen atoms in total. The molecule has 0 aliphatic carbocycles. The first-order chi connectivity index (χ1) is 13.9. The largest absolute Gasteiger partial charge is 0.395 e. The number of rotatable bonds is 5. The molecule has 0 saturated carbocycles. The Balaban J connectivity index is 1.71. The molecule has 146 valence electrons. The van der Waals surface area contributed by atoms with Gasteiger partial charge in [-0.05, 0) is 42.0 Å². The molecule has 0 radical (unpaired) electrons. The zero-order valence-electron chi connectivity index (χ0n) is 16.7. The SMILES string of the molecule is CN(CCO)c1ccc2c(c1)C(C)(C)C(/C=C(\C#N)c1nc3ccccc3s1)=N2. The summed E-state index contributed by atoms with van der Waals surface area (Å²) in [5.41, 5.74) is 5.04. The van der Waals surface area contributed by atoms with Crippen molar-refractivity contribution in [2.75, 3.05) is 25.1 Å². The number of aliphatic imine (C=N–C) groups is 1. The number of thiazole rings is 1. The van der Waals surface area contributed by atoms with Gasteiger partial charge in [-0.1, -0.05) is 26.0 Å². The quantitative estimate of drug-likeness (QED) is 0.628. The van der Waals surface area contributed by atoms with Crippen LogP contribution in [0.15, 0.2) is 53.5 Å². The summed E-state index contributed by atoms with van der Waals surface area (Å²) in [5, 5.41) is 19.7. The van der Waals surface area contributed by atoms with Crippen molar-refractivity contribution < 1.29 is 5.11 Å². The summed E-state index contributed by atoms with van der Waals surface area (Å²) in [5.74, 6) is 0. The van der Waals surface area contributed by atoms with E-state index in [2.05, 4.69) is 31.0 Å². The Labute approximate surface area is 174 Å². The Morgan fingerprint density at radius 2 is 2.07 bits per heavy atom. The molecule has 0 spiro atoms. The van der Waals surface area contributed by atoms with Gasteiger partial charge >= 0.3 is 0 Å². The minimum absolute atomic E-state index is 0.106. The topological polar surface area (TPSA) is 72.5 Å². The minimum Gasteiger partial charge on any atom is -0.395 e. The summed E-state index contributed by atoms with van der Waals surface area (Å²) in [6, 6.07) is 16.4. The highest BCUT2D eigenvalue weighted by molar-refractivity contribution is 7.19. The lowest BCUT2D eigenvalue weighted by Gasteiger charge is -2.24. The van der Waals surface area contributed by atoms with E-state index in [1.807, 2.05) is 54.4 Å². The van der Waals surface area contributed by atoms with Gasteiger partial charge in [0.2, 0.25) is 0 Å². The number of allylic oxidation sites excluding steroid dienone is 2. The molecule has 0 saturated heterocycles. The van der Waals surface area contributed by atoms with E-state index in [0.29, 0.717) is 17.1 Å². The normalized spacial score (nSPS) is 15.1. The van der Waals surface area contributed by atoms with Crippen LogP contribution < -0.4 is 4.90 Å². The van der Waals surface area contributed by atoms with E-state index in [-0.39, 0.29) is 12.0 Å². The van der Waals surface area contributed by atoms with Crippen molar-refractivity contribution in [2.24, 2.45) is 4.99 Å². The number of fused-ring (bicyclic) bond motifs is 2. The van der Waals surface area contributed by atoms with E-state index in [0.717, 1.165) is 32.9 Å². The third kappa shape index (κ3) is 3.44. The molecule has 1 N–H and O–H groups in total. The van der Waals surface area contributed by atoms with Crippen molar-refractivity contribution in [3.8, 4) is 6.07 Å². The van der Waals surface area contributed by atoms with Gasteiger partial charge in [0.1, 0.15) is 11.1 Å². The third-order valence-electron chi connectivity index (χ3n) is 5.34. The van der Waals surface area contributed by atoms with Crippen LogP contribution >= 0.6 is 11.3 Å². The Kier molecular flexibility index (Phi) is 4.95.